The van der Waals surface area contributed by atoms with Gasteiger partial charge in [0.2, 0.25) is 0 Å². The van der Waals surface area contributed by atoms with Gasteiger partial charge in [0, 0.05) is 6.54 Å². The fourth-order valence-electron chi connectivity index (χ4n) is 2.18. The van der Waals surface area contributed by atoms with E-state index in [-0.39, 0.29) is 5.41 Å². The Morgan fingerprint density at radius 2 is 1.95 bits per heavy atom. The maximum atomic E-state index is 11.7. The van der Waals surface area contributed by atoms with E-state index in [0.717, 1.165) is 25.9 Å². The van der Waals surface area contributed by atoms with Crippen LogP contribution in [0.15, 0.2) is 0 Å². The zero-order valence-corrected chi connectivity index (χ0v) is 12.0. The minimum atomic E-state index is -0.997. The summed E-state index contributed by atoms with van der Waals surface area (Å²) in [4.78, 5) is 24.8. The molecule has 0 aromatic carbocycles. The minimum absolute atomic E-state index is 0.106. The second-order valence-corrected chi connectivity index (χ2v) is 5.74. The van der Waals surface area contributed by atoms with Crippen molar-refractivity contribution in [1.29, 1.82) is 0 Å². The molecule has 0 radical (unpaired) electrons. The van der Waals surface area contributed by atoms with Crippen LogP contribution in [0.25, 0.3) is 0 Å². The third-order valence-electron chi connectivity index (χ3n) is 3.88. The topological polar surface area (TPSA) is 81.7 Å². The van der Waals surface area contributed by atoms with Crippen LogP contribution in [-0.4, -0.2) is 54.7 Å². The van der Waals surface area contributed by atoms with E-state index in [1.807, 2.05) is 0 Å². The molecule has 110 valence electrons. The highest BCUT2D eigenvalue weighted by Gasteiger charge is 2.29. The molecule has 1 aliphatic rings. The van der Waals surface area contributed by atoms with Crippen molar-refractivity contribution in [3.63, 3.8) is 0 Å². The summed E-state index contributed by atoms with van der Waals surface area (Å²) < 4.78 is 0. The lowest BCUT2D eigenvalue weighted by molar-refractivity contribution is -0.139. The lowest BCUT2D eigenvalue weighted by Gasteiger charge is -2.38. The van der Waals surface area contributed by atoms with E-state index in [1.165, 1.54) is 0 Å². The Bertz CT molecular complexity index is 325. The number of hydrogen-bond donors (Lipinski definition) is 3. The molecule has 6 nitrogen and oxygen atoms in total. The zero-order valence-electron chi connectivity index (χ0n) is 12.0. The van der Waals surface area contributed by atoms with Crippen molar-refractivity contribution in [2.45, 2.75) is 39.2 Å². The van der Waals surface area contributed by atoms with Crippen LogP contribution in [0.3, 0.4) is 0 Å². The van der Waals surface area contributed by atoms with Crippen LogP contribution < -0.4 is 10.6 Å². The molecular formula is C13H25N3O3. The first-order chi connectivity index (χ1) is 8.86. The standard InChI is InChI=1S/C13H25N3O3/c1-4-10(11(17)18)15-12(19)14-9-13(2)5-7-16(3)8-6-13/h10H,4-9H2,1-3H3,(H,17,18)(H2,14,15,19)/t10-/m0/s1. The Morgan fingerprint density at radius 3 is 2.42 bits per heavy atom. The summed E-state index contributed by atoms with van der Waals surface area (Å²) in [5, 5.41) is 14.1. The molecule has 6 heteroatoms. The SMILES string of the molecule is CC[C@H](NC(=O)NCC1(C)CCN(C)CC1)C(=O)O. The fraction of sp³-hybridized carbons (Fsp3) is 0.846. The third-order valence-corrected chi connectivity index (χ3v) is 3.88. The van der Waals surface area contributed by atoms with Gasteiger partial charge in [0.05, 0.1) is 0 Å². The van der Waals surface area contributed by atoms with Crippen LogP contribution in [0.1, 0.15) is 33.1 Å². The van der Waals surface area contributed by atoms with Crippen molar-refractivity contribution in [3.05, 3.63) is 0 Å². The molecule has 1 aliphatic heterocycles. The van der Waals surface area contributed by atoms with E-state index in [0.29, 0.717) is 13.0 Å². The van der Waals surface area contributed by atoms with Gasteiger partial charge in [0.1, 0.15) is 6.04 Å². The van der Waals surface area contributed by atoms with Gasteiger partial charge < -0.3 is 20.6 Å². The lowest BCUT2D eigenvalue weighted by Crippen LogP contribution is -2.49. The number of piperidine rings is 1. The van der Waals surface area contributed by atoms with Crippen molar-refractivity contribution in [2.75, 3.05) is 26.7 Å². The average molecular weight is 271 g/mol. The van der Waals surface area contributed by atoms with Gasteiger partial charge in [-0.2, -0.15) is 0 Å². The summed E-state index contributed by atoms with van der Waals surface area (Å²) in [5.41, 5.74) is 0.106. The molecule has 0 spiro atoms. The van der Waals surface area contributed by atoms with Gasteiger partial charge >= 0.3 is 12.0 Å². The van der Waals surface area contributed by atoms with Crippen LogP contribution in [0, 0.1) is 5.41 Å². The number of nitrogens with zero attached hydrogens (tertiary/aromatic N) is 1. The number of nitrogens with one attached hydrogen (secondary N) is 2. The van der Waals surface area contributed by atoms with E-state index in [2.05, 4.69) is 29.5 Å². The number of amides is 2. The predicted octanol–water partition coefficient (Wildman–Crippen LogP) is 0.881. The van der Waals surface area contributed by atoms with Crippen LogP contribution >= 0.6 is 0 Å². The molecule has 1 rings (SSSR count). The molecule has 0 aliphatic carbocycles. The summed E-state index contributed by atoms with van der Waals surface area (Å²) >= 11 is 0. The smallest absolute Gasteiger partial charge is 0.326 e. The van der Waals surface area contributed by atoms with Gasteiger partial charge in [-0.3, -0.25) is 0 Å². The third kappa shape index (κ3) is 5.06. The Balaban J connectivity index is 2.35. The predicted molar refractivity (Wildman–Crippen MR) is 73.1 cm³/mol. The van der Waals surface area contributed by atoms with Crippen LogP contribution in [0.5, 0.6) is 0 Å². The average Bonchev–Trinajstić information content (AvgIpc) is 2.37. The highest BCUT2D eigenvalue weighted by Crippen LogP contribution is 2.29. The molecule has 1 fully saturated rings. The van der Waals surface area contributed by atoms with Crippen LogP contribution in [0.2, 0.25) is 0 Å². The molecule has 0 aromatic rings. The quantitative estimate of drug-likeness (QED) is 0.693. The first kappa shape index (κ1) is 15.8. The van der Waals surface area contributed by atoms with E-state index >= 15 is 0 Å². The highest BCUT2D eigenvalue weighted by atomic mass is 16.4. The van der Waals surface area contributed by atoms with E-state index < -0.39 is 18.0 Å². The Morgan fingerprint density at radius 1 is 1.37 bits per heavy atom. The van der Waals surface area contributed by atoms with Gasteiger partial charge in [-0.05, 0) is 44.8 Å². The Hall–Kier alpha value is -1.30. The summed E-state index contributed by atoms with van der Waals surface area (Å²) in [7, 11) is 2.10. The number of carboxylic acids is 1. The van der Waals surface area contributed by atoms with Crippen molar-refractivity contribution < 1.29 is 14.7 Å². The monoisotopic (exact) mass is 271 g/mol. The van der Waals surface area contributed by atoms with Crippen molar-refractivity contribution in [3.8, 4) is 0 Å². The molecule has 1 atom stereocenters. The number of urea groups is 1. The molecule has 0 aromatic heterocycles. The summed E-state index contributed by atoms with van der Waals surface area (Å²) in [6.07, 6.45) is 2.46. The van der Waals surface area contributed by atoms with Gasteiger partial charge in [-0.15, -0.1) is 0 Å². The second-order valence-electron chi connectivity index (χ2n) is 5.74. The number of likely N-dealkylation sites (tertiary alicyclic amines) is 1. The molecule has 0 bridgehead atoms. The minimum Gasteiger partial charge on any atom is -0.480 e. The molecule has 19 heavy (non-hydrogen) atoms. The largest absolute Gasteiger partial charge is 0.480 e. The Kier molecular flexibility index (Phi) is 5.60. The number of carbonyl (C=O) groups is 2. The number of hydrogen-bond acceptors (Lipinski definition) is 3. The maximum absolute atomic E-state index is 11.7. The first-order valence-electron chi connectivity index (χ1n) is 6.82. The molecule has 2 amide bonds. The number of carbonyl (C=O) groups excluding carboxylic acids is 1. The summed E-state index contributed by atoms with van der Waals surface area (Å²) in [6, 6.07) is -1.21. The Labute approximate surface area is 114 Å². The number of carboxylic acid groups (broad SMARTS) is 1. The fourth-order valence-corrected chi connectivity index (χ4v) is 2.18. The summed E-state index contributed by atoms with van der Waals surface area (Å²) in [6.45, 7) is 6.55. The van der Waals surface area contributed by atoms with Gasteiger partial charge in [-0.25, -0.2) is 9.59 Å². The lowest BCUT2D eigenvalue weighted by atomic mass is 9.80. The van der Waals surface area contributed by atoms with Gasteiger partial charge in [0.15, 0.2) is 0 Å². The van der Waals surface area contributed by atoms with Gasteiger partial charge in [0.25, 0.3) is 0 Å². The van der Waals surface area contributed by atoms with Crippen molar-refractivity contribution >= 4 is 12.0 Å². The van der Waals surface area contributed by atoms with Crippen molar-refractivity contribution in [2.24, 2.45) is 5.41 Å². The molecule has 0 unspecified atom stereocenters. The van der Waals surface area contributed by atoms with E-state index in [4.69, 9.17) is 5.11 Å². The maximum Gasteiger partial charge on any atom is 0.326 e. The van der Waals surface area contributed by atoms with Crippen LogP contribution in [-0.2, 0) is 4.79 Å². The molecule has 3 N–H and O–H groups in total. The van der Waals surface area contributed by atoms with Crippen molar-refractivity contribution in [1.82, 2.24) is 15.5 Å². The summed E-state index contributed by atoms with van der Waals surface area (Å²) in [5.74, 6) is -0.997. The normalized spacial score (nSPS) is 20.6. The molecule has 1 heterocycles. The number of rotatable bonds is 5. The zero-order chi connectivity index (χ0) is 14.5. The molecular weight excluding hydrogens is 246 g/mol. The van der Waals surface area contributed by atoms with Crippen LogP contribution in [0.4, 0.5) is 4.79 Å². The highest BCUT2D eigenvalue weighted by molar-refractivity contribution is 5.82. The van der Waals surface area contributed by atoms with Gasteiger partial charge in [-0.1, -0.05) is 13.8 Å². The van der Waals surface area contributed by atoms with E-state index in [1.54, 1.807) is 6.92 Å². The molecule has 0 saturated carbocycles. The van der Waals surface area contributed by atoms with E-state index in [9.17, 15) is 9.59 Å². The second kappa shape index (κ2) is 6.75. The number of aliphatic carboxylic acids is 1. The molecule has 1 saturated heterocycles. The first-order valence-corrected chi connectivity index (χ1v) is 6.82.